The van der Waals surface area contributed by atoms with Crippen molar-refractivity contribution in [2.45, 2.75) is 12.5 Å². The molecule has 1 heterocycles. The van der Waals surface area contributed by atoms with Crippen LogP contribution in [0.2, 0.25) is 0 Å². The predicted molar refractivity (Wildman–Crippen MR) is 66.6 cm³/mol. The molecule has 0 fully saturated rings. The van der Waals surface area contributed by atoms with Crippen molar-refractivity contribution < 1.29 is 0 Å². The molecule has 0 saturated carbocycles. The lowest BCUT2D eigenvalue weighted by molar-refractivity contribution is 0.666. The summed E-state index contributed by atoms with van der Waals surface area (Å²) in [5.41, 5.74) is 13.8. The monoisotopic (exact) mass is 267 g/mol. The molecule has 1 aromatic heterocycles. The number of hydrogen-bond acceptors (Lipinski definition) is 2. The van der Waals surface area contributed by atoms with Crippen molar-refractivity contribution in [3.05, 3.63) is 34.4 Å². The number of fused-ring (bicyclic) bond motifs is 1. The Kier molecular flexibility index (Phi) is 3.09. The minimum Gasteiger partial charge on any atom is -0.361 e. The van der Waals surface area contributed by atoms with Gasteiger partial charge in [0.05, 0.1) is 0 Å². The van der Waals surface area contributed by atoms with Crippen LogP contribution in [0.5, 0.6) is 0 Å². The highest BCUT2D eigenvalue weighted by Gasteiger charge is 2.10. The van der Waals surface area contributed by atoms with E-state index in [-0.39, 0.29) is 6.04 Å². The van der Waals surface area contributed by atoms with Crippen molar-refractivity contribution >= 4 is 26.8 Å². The van der Waals surface area contributed by atoms with Gasteiger partial charge in [0.2, 0.25) is 0 Å². The summed E-state index contributed by atoms with van der Waals surface area (Å²) in [4.78, 5) is 3.21. The van der Waals surface area contributed by atoms with Crippen LogP contribution in [-0.4, -0.2) is 11.5 Å². The molecule has 0 unspecified atom stereocenters. The topological polar surface area (TPSA) is 67.8 Å². The van der Waals surface area contributed by atoms with E-state index in [1.807, 2.05) is 18.3 Å². The summed E-state index contributed by atoms with van der Waals surface area (Å²) in [7, 11) is 0. The van der Waals surface area contributed by atoms with E-state index < -0.39 is 0 Å². The normalized spacial score (nSPS) is 13.3. The van der Waals surface area contributed by atoms with Gasteiger partial charge in [0.25, 0.3) is 0 Å². The van der Waals surface area contributed by atoms with Gasteiger partial charge in [-0.05, 0) is 36.7 Å². The fourth-order valence-electron chi connectivity index (χ4n) is 1.76. The summed E-state index contributed by atoms with van der Waals surface area (Å²) >= 11 is 3.46. The Hall–Kier alpha value is -0.840. The summed E-state index contributed by atoms with van der Waals surface area (Å²) in [6, 6.07) is 6.14. The Morgan fingerprint density at radius 2 is 2.20 bits per heavy atom. The number of nitrogens with two attached hydrogens (primary N) is 2. The fourth-order valence-corrected chi connectivity index (χ4v) is 2.12. The summed E-state index contributed by atoms with van der Waals surface area (Å²) in [6.07, 6.45) is 2.77. The van der Waals surface area contributed by atoms with E-state index in [2.05, 4.69) is 27.0 Å². The molecule has 1 aromatic carbocycles. The highest BCUT2D eigenvalue weighted by Crippen LogP contribution is 2.27. The van der Waals surface area contributed by atoms with Gasteiger partial charge < -0.3 is 16.5 Å². The number of benzene rings is 1. The molecule has 0 radical (unpaired) electrons. The number of hydrogen-bond donors (Lipinski definition) is 3. The minimum absolute atomic E-state index is 0.0121. The molecular weight excluding hydrogens is 254 g/mol. The molecular formula is C11H14BrN3. The Bertz CT molecular complexity index is 464. The van der Waals surface area contributed by atoms with Gasteiger partial charge >= 0.3 is 0 Å². The molecule has 5 N–H and O–H groups in total. The highest BCUT2D eigenvalue weighted by atomic mass is 79.9. The first-order valence-corrected chi connectivity index (χ1v) is 5.74. The number of halogens is 1. The molecule has 2 aromatic rings. The average Bonchev–Trinajstić information content (AvgIpc) is 2.60. The molecule has 0 bridgehead atoms. The quantitative estimate of drug-likeness (QED) is 0.799. The van der Waals surface area contributed by atoms with Gasteiger partial charge in [-0.2, -0.15) is 0 Å². The van der Waals surface area contributed by atoms with Crippen LogP contribution in [0.3, 0.4) is 0 Å². The van der Waals surface area contributed by atoms with Crippen LogP contribution in [0.4, 0.5) is 0 Å². The minimum atomic E-state index is 0.0121. The van der Waals surface area contributed by atoms with Gasteiger partial charge in [-0.3, -0.25) is 0 Å². The first-order valence-electron chi connectivity index (χ1n) is 4.94. The number of aromatic amines is 1. The van der Waals surface area contributed by atoms with E-state index in [4.69, 9.17) is 11.5 Å². The summed E-state index contributed by atoms with van der Waals surface area (Å²) in [5, 5.41) is 1.17. The van der Waals surface area contributed by atoms with E-state index in [1.54, 1.807) is 0 Å². The summed E-state index contributed by atoms with van der Waals surface area (Å²) < 4.78 is 1.07. The maximum atomic E-state index is 6.05. The molecule has 0 amide bonds. The first kappa shape index (κ1) is 10.7. The van der Waals surface area contributed by atoms with E-state index in [9.17, 15) is 0 Å². The van der Waals surface area contributed by atoms with Crippen LogP contribution in [0.15, 0.2) is 28.9 Å². The second kappa shape index (κ2) is 4.35. The zero-order valence-corrected chi connectivity index (χ0v) is 9.92. The van der Waals surface area contributed by atoms with Crippen molar-refractivity contribution in [1.29, 1.82) is 0 Å². The van der Waals surface area contributed by atoms with Gasteiger partial charge in [-0.15, -0.1) is 0 Å². The maximum Gasteiger partial charge on any atom is 0.0458 e. The third-order valence-electron chi connectivity index (χ3n) is 2.55. The molecule has 0 aliphatic heterocycles. The fraction of sp³-hybridized carbons (Fsp3) is 0.273. The SMILES string of the molecule is NCC[C@H](N)c1c[nH]c2ccc(Br)cc12. The number of nitrogens with one attached hydrogen (secondary N) is 1. The van der Waals surface area contributed by atoms with Crippen LogP contribution in [0, 0.1) is 0 Å². The van der Waals surface area contributed by atoms with Crippen molar-refractivity contribution in [2.75, 3.05) is 6.54 Å². The lowest BCUT2D eigenvalue weighted by Crippen LogP contribution is -2.14. The van der Waals surface area contributed by atoms with Crippen LogP contribution in [-0.2, 0) is 0 Å². The van der Waals surface area contributed by atoms with Crippen LogP contribution in [0.25, 0.3) is 10.9 Å². The Balaban J connectivity index is 2.47. The second-order valence-electron chi connectivity index (χ2n) is 3.62. The van der Waals surface area contributed by atoms with Gasteiger partial charge in [0.1, 0.15) is 0 Å². The molecule has 0 aliphatic carbocycles. The van der Waals surface area contributed by atoms with E-state index in [0.717, 1.165) is 22.0 Å². The summed E-state index contributed by atoms with van der Waals surface area (Å²) in [6.45, 7) is 0.613. The standard InChI is InChI=1S/C11H14BrN3/c12-7-1-2-11-8(5-7)9(6-15-11)10(14)3-4-13/h1-2,5-6,10,15H,3-4,13-14H2/t10-/m0/s1. The summed E-state index contributed by atoms with van der Waals surface area (Å²) in [5.74, 6) is 0. The average molecular weight is 268 g/mol. The van der Waals surface area contributed by atoms with Crippen molar-refractivity contribution in [3.63, 3.8) is 0 Å². The Morgan fingerprint density at radius 3 is 2.93 bits per heavy atom. The molecule has 0 spiro atoms. The maximum absolute atomic E-state index is 6.05. The lowest BCUT2D eigenvalue weighted by Gasteiger charge is -2.08. The molecule has 0 saturated heterocycles. The zero-order chi connectivity index (χ0) is 10.8. The number of H-pyrrole nitrogens is 1. The largest absolute Gasteiger partial charge is 0.361 e. The lowest BCUT2D eigenvalue weighted by atomic mass is 10.0. The first-order chi connectivity index (χ1) is 7.22. The molecule has 3 nitrogen and oxygen atoms in total. The number of aromatic nitrogens is 1. The highest BCUT2D eigenvalue weighted by molar-refractivity contribution is 9.10. The molecule has 15 heavy (non-hydrogen) atoms. The van der Waals surface area contributed by atoms with Gasteiger partial charge in [0, 0.05) is 27.6 Å². The Morgan fingerprint density at radius 1 is 1.40 bits per heavy atom. The third-order valence-corrected chi connectivity index (χ3v) is 3.05. The smallest absolute Gasteiger partial charge is 0.0458 e. The molecule has 1 atom stereocenters. The van der Waals surface area contributed by atoms with E-state index in [0.29, 0.717) is 6.54 Å². The zero-order valence-electron chi connectivity index (χ0n) is 8.33. The van der Waals surface area contributed by atoms with Gasteiger partial charge in [-0.25, -0.2) is 0 Å². The second-order valence-corrected chi connectivity index (χ2v) is 4.53. The third kappa shape index (κ3) is 2.07. The predicted octanol–water partition coefficient (Wildman–Crippen LogP) is 2.28. The molecule has 4 heteroatoms. The molecule has 0 aliphatic rings. The van der Waals surface area contributed by atoms with Gasteiger partial charge in [0.15, 0.2) is 0 Å². The number of rotatable bonds is 3. The van der Waals surface area contributed by atoms with Crippen molar-refractivity contribution in [1.82, 2.24) is 4.98 Å². The van der Waals surface area contributed by atoms with Crippen LogP contribution >= 0.6 is 15.9 Å². The van der Waals surface area contributed by atoms with E-state index >= 15 is 0 Å². The van der Waals surface area contributed by atoms with E-state index in [1.165, 1.54) is 5.39 Å². The van der Waals surface area contributed by atoms with Crippen LogP contribution < -0.4 is 11.5 Å². The molecule has 2 rings (SSSR count). The van der Waals surface area contributed by atoms with Crippen LogP contribution in [0.1, 0.15) is 18.0 Å². The van der Waals surface area contributed by atoms with Crippen molar-refractivity contribution in [2.24, 2.45) is 11.5 Å². The van der Waals surface area contributed by atoms with Gasteiger partial charge in [-0.1, -0.05) is 15.9 Å². The molecule has 80 valence electrons. The Labute approximate surface area is 97.0 Å². The van der Waals surface area contributed by atoms with Crippen molar-refractivity contribution in [3.8, 4) is 0 Å².